The van der Waals surface area contributed by atoms with E-state index in [2.05, 4.69) is 6.92 Å². The lowest BCUT2D eigenvalue weighted by molar-refractivity contribution is -0.158. The van der Waals surface area contributed by atoms with Gasteiger partial charge in [-0.25, -0.2) is 0 Å². The van der Waals surface area contributed by atoms with Crippen LogP contribution >= 0.6 is 0 Å². The minimum Gasteiger partial charge on any atom is -0.377 e. The lowest BCUT2D eigenvalue weighted by atomic mass is 9.60. The molecule has 0 radical (unpaired) electrons. The monoisotopic (exact) mass is 168 g/mol. The fourth-order valence-electron chi connectivity index (χ4n) is 2.69. The van der Waals surface area contributed by atoms with E-state index in [0.29, 0.717) is 11.7 Å². The normalized spacial score (nSPS) is 45.7. The van der Waals surface area contributed by atoms with Crippen LogP contribution in [0.5, 0.6) is 0 Å². The molecule has 12 heavy (non-hydrogen) atoms. The predicted octanol–water partition coefficient (Wildman–Crippen LogP) is 1.78. The molecule has 2 nitrogen and oxygen atoms in total. The summed E-state index contributed by atoms with van der Waals surface area (Å²) >= 11 is 0. The summed E-state index contributed by atoms with van der Waals surface area (Å²) < 4.78 is 5.54. The minimum atomic E-state index is -0.101. The third-order valence-electron chi connectivity index (χ3n) is 3.70. The molecule has 2 aliphatic carbocycles. The number of hydrogen-bond donors (Lipinski definition) is 0. The van der Waals surface area contributed by atoms with Gasteiger partial charge in [0.15, 0.2) is 0 Å². The Morgan fingerprint density at radius 2 is 2.42 bits per heavy atom. The molecule has 0 spiro atoms. The summed E-state index contributed by atoms with van der Waals surface area (Å²) in [4.78, 5) is 11.6. The zero-order valence-electron chi connectivity index (χ0n) is 7.80. The average Bonchev–Trinajstić information content (AvgIpc) is 2.26. The summed E-state index contributed by atoms with van der Waals surface area (Å²) in [7, 11) is 0. The largest absolute Gasteiger partial charge is 0.377 e. The van der Waals surface area contributed by atoms with Gasteiger partial charge in [-0.05, 0) is 32.6 Å². The van der Waals surface area contributed by atoms with Crippen LogP contribution < -0.4 is 0 Å². The van der Waals surface area contributed by atoms with Gasteiger partial charge < -0.3 is 4.74 Å². The van der Waals surface area contributed by atoms with Crippen molar-refractivity contribution in [3.63, 3.8) is 0 Å². The number of fused-ring (bicyclic) bond motifs is 1. The Labute approximate surface area is 73.3 Å². The van der Waals surface area contributed by atoms with Crippen molar-refractivity contribution in [2.24, 2.45) is 11.3 Å². The Morgan fingerprint density at radius 3 is 3.00 bits per heavy atom. The predicted molar refractivity (Wildman–Crippen MR) is 45.9 cm³/mol. The number of ether oxygens (including phenoxy) is 1. The highest BCUT2D eigenvalue weighted by Crippen LogP contribution is 2.56. The topological polar surface area (TPSA) is 26.3 Å². The molecule has 2 heteroatoms. The quantitative estimate of drug-likeness (QED) is 0.628. The standard InChI is InChI=1S/C10H16O2/c1-3-12-9-6-7-4-5-8(11)10(7,9)2/h7,9H,3-6H2,1-2H3. The first kappa shape index (κ1) is 8.24. The van der Waals surface area contributed by atoms with Crippen molar-refractivity contribution in [1.82, 2.24) is 0 Å². The Kier molecular flexibility index (Phi) is 1.76. The molecule has 2 fully saturated rings. The molecular formula is C10H16O2. The molecule has 2 rings (SSSR count). The highest BCUT2D eigenvalue weighted by Gasteiger charge is 2.59. The first-order valence-electron chi connectivity index (χ1n) is 4.84. The molecule has 0 amide bonds. The number of Topliss-reactive ketones (excluding diaryl/α,β-unsaturated/α-hetero) is 1. The number of rotatable bonds is 2. The maximum absolute atomic E-state index is 11.6. The van der Waals surface area contributed by atoms with Gasteiger partial charge in [0.25, 0.3) is 0 Å². The van der Waals surface area contributed by atoms with Crippen molar-refractivity contribution in [1.29, 1.82) is 0 Å². The van der Waals surface area contributed by atoms with E-state index >= 15 is 0 Å². The lowest BCUT2D eigenvalue weighted by Gasteiger charge is -2.48. The Bertz CT molecular complexity index is 212. The fourth-order valence-corrected chi connectivity index (χ4v) is 2.69. The third kappa shape index (κ3) is 0.817. The molecule has 3 unspecified atom stereocenters. The van der Waals surface area contributed by atoms with Crippen molar-refractivity contribution >= 4 is 5.78 Å². The second kappa shape index (κ2) is 2.56. The molecule has 3 atom stereocenters. The fraction of sp³-hybridized carbons (Fsp3) is 0.900. The Hall–Kier alpha value is -0.370. The van der Waals surface area contributed by atoms with Crippen LogP contribution in [0.15, 0.2) is 0 Å². The van der Waals surface area contributed by atoms with E-state index in [1.54, 1.807) is 0 Å². The van der Waals surface area contributed by atoms with E-state index in [9.17, 15) is 4.79 Å². The number of carbonyl (C=O) groups is 1. The molecule has 0 N–H and O–H groups in total. The summed E-state index contributed by atoms with van der Waals surface area (Å²) in [6, 6.07) is 0. The summed E-state index contributed by atoms with van der Waals surface area (Å²) in [5.74, 6) is 1.05. The molecule has 0 saturated heterocycles. The molecule has 2 saturated carbocycles. The van der Waals surface area contributed by atoms with Gasteiger partial charge in [0.2, 0.25) is 0 Å². The zero-order chi connectivity index (χ0) is 8.77. The smallest absolute Gasteiger partial charge is 0.141 e. The molecule has 0 aromatic heterocycles. The molecule has 0 aliphatic heterocycles. The van der Waals surface area contributed by atoms with E-state index in [1.165, 1.54) is 0 Å². The molecule has 0 heterocycles. The lowest BCUT2D eigenvalue weighted by Crippen LogP contribution is -2.53. The van der Waals surface area contributed by atoms with Crippen LogP contribution in [0, 0.1) is 11.3 Å². The van der Waals surface area contributed by atoms with E-state index in [0.717, 1.165) is 25.9 Å². The van der Waals surface area contributed by atoms with E-state index < -0.39 is 0 Å². The molecule has 0 bridgehead atoms. The van der Waals surface area contributed by atoms with Crippen molar-refractivity contribution < 1.29 is 9.53 Å². The number of ketones is 1. The van der Waals surface area contributed by atoms with Crippen molar-refractivity contribution in [2.45, 2.75) is 39.2 Å². The maximum Gasteiger partial charge on any atom is 0.141 e. The SMILES string of the molecule is CCOC1CC2CCC(=O)C21C. The van der Waals surface area contributed by atoms with Crippen molar-refractivity contribution in [3.05, 3.63) is 0 Å². The molecule has 2 aliphatic rings. The van der Waals surface area contributed by atoms with Crippen LogP contribution in [0.1, 0.15) is 33.1 Å². The first-order chi connectivity index (χ1) is 5.69. The summed E-state index contributed by atoms with van der Waals surface area (Å²) in [5.41, 5.74) is -0.101. The molecular weight excluding hydrogens is 152 g/mol. The molecule has 68 valence electrons. The van der Waals surface area contributed by atoms with Crippen LogP contribution in [0.4, 0.5) is 0 Å². The second-order valence-electron chi connectivity index (χ2n) is 4.12. The van der Waals surface area contributed by atoms with Crippen molar-refractivity contribution in [3.8, 4) is 0 Å². The summed E-state index contributed by atoms with van der Waals surface area (Å²) in [6.45, 7) is 4.81. The van der Waals surface area contributed by atoms with E-state index in [-0.39, 0.29) is 11.5 Å². The van der Waals surface area contributed by atoms with Crippen LogP contribution in [0.3, 0.4) is 0 Å². The average molecular weight is 168 g/mol. The number of carbonyl (C=O) groups excluding carboxylic acids is 1. The van der Waals surface area contributed by atoms with Gasteiger partial charge >= 0.3 is 0 Å². The van der Waals surface area contributed by atoms with Crippen LogP contribution in [-0.4, -0.2) is 18.5 Å². The van der Waals surface area contributed by atoms with Gasteiger partial charge in [-0.3, -0.25) is 4.79 Å². The van der Waals surface area contributed by atoms with Gasteiger partial charge in [0, 0.05) is 13.0 Å². The maximum atomic E-state index is 11.6. The van der Waals surface area contributed by atoms with Crippen molar-refractivity contribution in [2.75, 3.05) is 6.61 Å². The van der Waals surface area contributed by atoms with E-state index in [1.807, 2.05) is 6.92 Å². The molecule has 0 aromatic carbocycles. The third-order valence-corrected chi connectivity index (χ3v) is 3.70. The van der Waals surface area contributed by atoms with Crippen LogP contribution in [0.25, 0.3) is 0 Å². The highest BCUT2D eigenvalue weighted by molar-refractivity contribution is 5.88. The van der Waals surface area contributed by atoms with Gasteiger partial charge in [-0.1, -0.05) is 0 Å². The Morgan fingerprint density at radius 1 is 1.67 bits per heavy atom. The Balaban J connectivity index is 2.10. The van der Waals surface area contributed by atoms with Gasteiger partial charge in [-0.2, -0.15) is 0 Å². The highest BCUT2D eigenvalue weighted by atomic mass is 16.5. The number of hydrogen-bond acceptors (Lipinski definition) is 2. The van der Waals surface area contributed by atoms with Gasteiger partial charge in [-0.15, -0.1) is 0 Å². The van der Waals surface area contributed by atoms with E-state index in [4.69, 9.17) is 4.74 Å². The second-order valence-corrected chi connectivity index (χ2v) is 4.12. The minimum absolute atomic E-state index is 0.101. The summed E-state index contributed by atoms with van der Waals surface area (Å²) in [5, 5.41) is 0. The van der Waals surface area contributed by atoms with Crippen LogP contribution in [-0.2, 0) is 9.53 Å². The zero-order valence-corrected chi connectivity index (χ0v) is 7.80. The summed E-state index contributed by atoms with van der Waals surface area (Å²) in [6.07, 6.45) is 3.21. The van der Waals surface area contributed by atoms with Gasteiger partial charge in [0.1, 0.15) is 5.78 Å². The van der Waals surface area contributed by atoms with Crippen LogP contribution in [0.2, 0.25) is 0 Å². The molecule has 0 aromatic rings. The first-order valence-corrected chi connectivity index (χ1v) is 4.84. The van der Waals surface area contributed by atoms with Gasteiger partial charge in [0.05, 0.1) is 11.5 Å².